The minimum atomic E-state index is -0.696. The van der Waals surface area contributed by atoms with Gasteiger partial charge in [0, 0.05) is 18.2 Å². The van der Waals surface area contributed by atoms with E-state index in [9.17, 15) is 14.7 Å². The summed E-state index contributed by atoms with van der Waals surface area (Å²) in [5.74, 6) is 0. The van der Waals surface area contributed by atoms with Gasteiger partial charge in [-0.05, 0) is 20.8 Å². The van der Waals surface area contributed by atoms with Gasteiger partial charge in [-0.1, -0.05) is 0 Å². The van der Waals surface area contributed by atoms with Crippen molar-refractivity contribution in [3.63, 3.8) is 0 Å². The summed E-state index contributed by atoms with van der Waals surface area (Å²) in [5, 5.41) is 9.96. The van der Waals surface area contributed by atoms with Crippen LogP contribution in [-0.4, -0.2) is 39.6 Å². The van der Waals surface area contributed by atoms with Crippen LogP contribution in [-0.2, 0) is 9.47 Å². The second-order valence-corrected chi connectivity index (χ2v) is 5.29. The molecule has 1 saturated heterocycles. The molecule has 0 aromatic carbocycles. The Kier molecular flexibility index (Phi) is 4.42. The molecule has 0 aliphatic carbocycles. The van der Waals surface area contributed by atoms with Crippen molar-refractivity contribution < 1.29 is 14.6 Å². The monoisotopic (exact) mass is 284 g/mol. The minimum absolute atomic E-state index is 0.0443. The molecule has 0 unspecified atom stereocenters. The molecular weight excluding hydrogens is 264 g/mol. The number of H-pyrrole nitrogens is 1. The van der Waals surface area contributed by atoms with Crippen LogP contribution in [0.3, 0.4) is 0 Å². The number of hydrogen-bond acceptors (Lipinski definition) is 5. The van der Waals surface area contributed by atoms with Gasteiger partial charge >= 0.3 is 5.69 Å². The van der Waals surface area contributed by atoms with Crippen LogP contribution < -0.4 is 11.2 Å². The van der Waals surface area contributed by atoms with E-state index >= 15 is 0 Å². The van der Waals surface area contributed by atoms with Gasteiger partial charge in [0.1, 0.15) is 12.3 Å². The van der Waals surface area contributed by atoms with E-state index in [1.807, 2.05) is 13.8 Å². The Balaban J connectivity index is 2.14. The number of nitrogens with one attached hydrogen (secondary N) is 1. The first kappa shape index (κ1) is 15.0. The van der Waals surface area contributed by atoms with Crippen LogP contribution in [0.25, 0.3) is 0 Å². The molecule has 7 heteroatoms. The number of aliphatic hydroxyl groups excluding tert-OH is 1. The number of ether oxygens (including phenoxy) is 2. The third-order valence-corrected chi connectivity index (χ3v) is 3.25. The maximum absolute atomic E-state index is 11.8. The van der Waals surface area contributed by atoms with E-state index in [1.165, 1.54) is 10.8 Å². The molecular formula is C13H20N2O5. The van der Waals surface area contributed by atoms with Gasteiger partial charge in [0.25, 0.3) is 5.56 Å². The lowest BCUT2D eigenvalue weighted by Crippen LogP contribution is -2.33. The fourth-order valence-corrected chi connectivity index (χ4v) is 2.12. The smallest absolute Gasteiger partial charge is 0.330 e. The Morgan fingerprint density at radius 1 is 1.55 bits per heavy atom. The molecule has 1 aliphatic rings. The summed E-state index contributed by atoms with van der Waals surface area (Å²) in [6.07, 6.45) is 0.0259. The summed E-state index contributed by atoms with van der Waals surface area (Å²) >= 11 is 0. The highest BCUT2D eigenvalue weighted by atomic mass is 16.6. The summed E-state index contributed by atoms with van der Waals surface area (Å²) in [6.45, 7) is 5.68. The summed E-state index contributed by atoms with van der Waals surface area (Å²) in [5.41, 5.74) is -0.530. The van der Waals surface area contributed by atoms with E-state index in [0.29, 0.717) is 5.56 Å². The van der Waals surface area contributed by atoms with Crippen LogP contribution in [0.15, 0.2) is 15.8 Å². The molecule has 2 N–H and O–H groups in total. The maximum atomic E-state index is 11.8. The summed E-state index contributed by atoms with van der Waals surface area (Å²) in [6, 6.07) is 0. The molecule has 1 aromatic rings. The molecule has 0 radical (unpaired) electrons. The molecule has 0 saturated carbocycles. The molecule has 2 heterocycles. The molecule has 1 aliphatic heterocycles. The van der Waals surface area contributed by atoms with E-state index in [2.05, 4.69) is 4.98 Å². The standard InChI is InChI=1S/C13H20N2O5/c1-7(2)19-6-10-9(16)4-11(20-10)15-5-8(3)12(17)14-13(15)18/h5,7,9-11,16H,4,6H2,1-3H3,(H,14,17,18)/t9-,10-,11-/m1/s1. The average molecular weight is 284 g/mol. The first-order chi connectivity index (χ1) is 9.38. The molecule has 3 atom stereocenters. The van der Waals surface area contributed by atoms with Crippen molar-refractivity contribution in [3.8, 4) is 0 Å². The van der Waals surface area contributed by atoms with E-state index in [-0.39, 0.29) is 19.1 Å². The van der Waals surface area contributed by atoms with Crippen LogP contribution in [0.2, 0.25) is 0 Å². The fraction of sp³-hybridized carbons (Fsp3) is 0.692. The highest BCUT2D eigenvalue weighted by molar-refractivity contribution is 5.02. The van der Waals surface area contributed by atoms with Crippen molar-refractivity contribution in [2.24, 2.45) is 0 Å². The number of hydrogen-bond donors (Lipinski definition) is 2. The largest absolute Gasteiger partial charge is 0.390 e. The number of rotatable bonds is 4. The van der Waals surface area contributed by atoms with Crippen LogP contribution >= 0.6 is 0 Å². The Hall–Kier alpha value is -1.44. The molecule has 20 heavy (non-hydrogen) atoms. The lowest BCUT2D eigenvalue weighted by atomic mass is 10.2. The first-order valence-electron chi connectivity index (χ1n) is 6.65. The van der Waals surface area contributed by atoms with Gasteiger partial charge in [-0.2, -0.15) is 0 Å². The van der Waals surface area contributed by atoms with Gasteiger partial charge in [-0.15, -0.1) is 0 Å². The van der Waals surface area contributed by atoms with Gasteiger partial charge in [-0.3, -0.25) is 14.3 Å². The van der Waals surface area contributed by atoms with Crippen molar-refractivity contribution >= 4 is 0 Å². The van der Waals surface area contributed by atoms with E-state index in [0.717, 1.165) is 0 Å². The predicted molar refractivity (Wildman–Crippen MR) is 71.7 cm³/mol. The van der Waals surface area contributed by atoms with Crippen LogP contribution in [0, 0.1) is 6.92 Å². The van der Waals surface area contributed by atoms with E-state index in [1.54, 1.807) is 6.92 Å². The quantitative estimate of drug-likeness (QED) is 0.806. The first-order valence-corrected chi connectivity index (χ1v) is 6.65. The molecule has 7 nitrogen and oxygen atoms in total. The maximum Gasteiger partial charge on any atom is 0.330 e. The van der Waals surface area contributed by atoms with Crippen molar-refractivity contribution in [2.45, 2.75) is 51.7 Å². The lowest BCUT2D eigenvalue weighted by Gasteiger charge is -2.17. The zero-order valence-corrected chi connectivity index (χ0v) is 11.8. The third kappa shape index (κ3) is 3.17. The normalized spacial score (nSPS) is 26.4. The third-order valence-electron chi connectivity index (χ3n) is 3.25. The minimum Gasteiger partial charge on any atom is -0.390 e. The van der Waals surface area contributed by atoms with Crippen molar-refractivity contribution in [3.05, 3.63) is 32.6 Å². The SMILES string of the molecule is Cc1cn([C@H]2C[C@@H](O)[C@@H](COC(C)C)O2)c(=O)[nH]c1=O. The van der Waals surface area contributed by atoms with Crippen LogP contribution in [0.5, 0.6) is 0 Å². The second-order valence-electron chi connectivity index (χ2n) is 5.29. The van der Waals surface area contributed by atoms with Crippen molar-refractivity contribution in [1.29, 1.82) is 0 Å². The lowest BCUT2D eigenvalue weighted by molar-refractivity contribution is -0.0747. The van der Waals surface area contributed by atoms with Crippen LogP contribution in [0.4, 0.5) is 0 Å². The highest BCUT2D eigenvalue weighted by Gasteiger charge is 2.35. The number of aromatic amines is 1. The summed E-state index contributed by atoms with van der Waals surface area (Å²) < 4.78 is 12.4. The molecule has 0 spiro atoms. The topological polar surface area (TPSA) is 93.6 Å². The van der Waals surface area contributed by atoms with Gasteiger partial charge < -0.3 is 14.6 Å². The molecule has 1 aromatic heterocycles. The number of aryl methyl sites for hydroxylation is 1. The predicted octanol–water partition coefficient (Wildman–Crippen LogP) is -0.0816. The number of nitrogens with zero attached hydrogens (tertiary/aromatic N) is 1. The molecule has 1 fully saturated rings. The Morgan fingerprint density at radius 2 is 2.25 bits per heavy atom. The van der Waals surface area contributed by atoms with Gasteiger partial charge in [0.05, 0.1) is 18.8 Å². The average Bonchev–Trinajstić information content (AvgIpc) is 2.72. The second kappa shape index (κ2) is 5.90. The molecule has 0 bridgehead atoms. The van der Waals surface area contributed by atoms with E-state index in [4.69, 9.17) is 9.47 Å². The summed E-state index contributed by atoms with van der Waals surface area (Å²) in [7, 11) is 0. The van der Waals surface area contributed by atoms with Gasteiger partial charge in [0.15, 0.2) is 0 Å². The Labute approximate surface area is 116 Å². The number of aliphatic hydroxyl groups is 1. The zero-order valence-electron chi connectivity index (χ0n) is 11.8. The fourth-order valence-electron chi connectivity index (χ4n) is 2.12. The van der Waals surface area contributed by atoms with Gasteiger partial charge in [0.2, 0.25) is 0 Å². The van der Waals surface area contributed by atoms with Crippen molar-refractivity contribution in [1.82, 2.24) is 9.55 Å². The zero-order chi connectivity index (χ0) is 14.9. The van der Waals surface area contributed by atoms with Crippen LogP contribution in [0.1, 0.15) is 32.1 Å². The van der Waals surface area contributed by atoms with E-state index < -0.39 is 29.7 Å². The highest BCUT2D eigenvalue weighted by Crippen LogP contribution is 2.27. The van der Waals surface area contributed by atoms with Crippen molar-refractivity contribution in [2.75, 3.05) is 6.61 Å². The number of aromatic nitrogens is 2. The molecule has 2 rings (SSSR count). The Bertz CT molecular complexity index is 577. The van der Waals surface area contributed by atoms with Gasteiger partial charge in [-0.25, -0.2) is 4.79 Å². The molecule has 0 amide bonds. The summed E-state index contributed by atoms with van der Waals surface area (Å²) in [4.78, 5) is 25.3. The Morgan fingerprint density at radius 3 is 2.90 bits per heavy atom. The molecule has 112 valence electrons.